The van der Waals surface area contributed by atoms with E-state index in [0.29, 0.717) is 24.1 Å². The van der Waals surface area contributed by atoms with Crippen molar-refractivity contribution in [2.45, 2.75) is 13.5 Å². The predicted molar refractivity (Wildman–Crippen MR) is 92.5 cm³/mol. The van der Waals surface area contributed by atoms with Crippen molar-refractivity contribution >= 4 is 23.6 Å². The summed E-state index contributed by atoms with van der Waals surface area (Å²) in [5.74, 6) is 1.53. The van der Waals surface area contributed by atoms with Gasteiger partial charge in [0.2, 0.25) is 17.8 Å². The van der Waals surface area contributed by atoms with Crippen molar-refractivity contribution in [1.29, 1.82) is 0 Å². The highest BCUT2D eigenvalue weighted by molar-refractivity contribution is 5.91. The van der Waals surface area contributed by atoms with Gasteiger partial charge in [0.25, 0.3) is 0 Å². The lowest BCUT2D eigenvalue weighted by Crippen LogP contribution is -2.31. The van der Waals surface area contributed by atoms with Crippen LogP contribution in [0.3, 0.4) is 0 Å². The molecule has 9 nitrogen and oxygen atoms in total. The number of nitrogens with one attached hydrogen (secondary N) is 1. The zero-order valence-electron chi connectivity index (χ0n) is 14.3. The van der Waals surface area contributed by atoms with Gasteiger partial charge >= 0.3 is 0 Å². The smallest absolute Gasteiger partial charge is 0.239 e. The van der Waals surface area contributed by atoms with E-state index in [2.05, 4.69) is 25.3 Å². The van der Waals surface area contributed by atoms with Crippen molar-refractivity contribution in [1.82, 2.24) is 24.8 Å². The van der Waals surface area contributed by atoms with Gasteiger partial charge in [0.15, 0.2) is 0 Å². The number of rotatable bonds is 6. The van der Waals surface area contributed by atoms with Crippen LogP contribution in [0.1, 0.15) is 11.4 Å². The highest BCUT2D eigenvalue weighted by Gasteiger charge is 2.12. The molecule has 0 saturated carbocycles. The summed E-state index contributed by atoms with van der Waals surface area (Å²) in [6, 6.07) is 3.68. The molecule has 128 valence electrons. The quantitative estimate of drug-likeness (QED) is 0.777. The van der Waals surface area contributed by atoms with Gasteiger partial charge in [-0.15, -0.1) is 0 Å². The van der Waals surface area contributed by atoms with Gasteiger partial charge in [-0.1, -0.05) is 0 Å². The molecular weight excluding hydrogens is 308 g/mol. The fraction of sp³-hybridized carbons (Fsp3) is 0.400. The number of carbonyl (C=O) groups is 1. The maximum atomic E-state index is 12.1. The lowest BCUT2D eigenvalue weighted by molar-refractivity contribution is -0.117. The molecule has 0 spiro atoms. The molecule has 0 aromatic carbocycles. The molecule has 0 atom stereocenters. The topological polar surface area (TPSA) is 113 Å². The van der Waals surface area contributed by atoms with Crippen molar-refractivity contribution in [3.8, 4) is 0 Å². The van der Waals surface area contributed by atoms with E-state index in [1.807, 2.05) is 33.2 Å². The average Bonchev–Trinajstić information content (AvgIpc) is 2.45. The van der Waals surface area contributed by atoms with E-state index in [-0.39, 0.29) is 18.4 Å². The largest absolute Gasteiger partial charge is 0.368 e. The number of amides is 1. The summed E-state index contributed by atoms with van der Waals surface area (Å²) < 4.78 is 0. The zero-order chi connectivity index (χ0) is 17.7. The molecular formula is C15H22N8O. The number of aromatic nitrogens is 4. The third-order valence-electron chi connectivity index (χ3n) is 3.10. The summed E-state index contributed by atoms with van der Waals surface area (Å²) in [4.78, 5) is 32.2. The molecule has 2 heterocycles. The Bertz CT molecular complexity index is 718. The molecule has 1 amide bonds. The average molecular weight is 330 g/mol. The number of hydrogen-bond donors (Lipinski definition) is 2. The van der Waals surface area contributed by atoms with Crippen LogP contribution in [-0.2, 0) is 11.3 Å². The summed E-state index contributed by atoms with van der Waals surface area (Å²) >= 11 is 0. The first-order chi connectivity index (χ1) is 11.3. The standard InChI is InChI=1S/C15H22N8O/c1-10-5-6-17-11(7-10)18-13(24)9-23(4)8-12-19-14(16)21-15(20-12)22(2)3/h5-7H,8-9H2,1-4H3,(H,17,18,24)(H2,16,19,20,21). The molecule has 0 fully saturated rings. The van der Waals surface area contributed by atoms with Crippen LogP contribution in [0.5, 0.6) is 0 Å². The molecule has 0 saturated heterocycles. The number of likely N-dealkylation sites (N-methyl/N-ethyl adjacent to an activating group) is 1. The van der Waals surface area contributed by atoms with Crippen LogP contribution in [0.4, 0.5) is 17.7 Å². The van der Waals surface area contributed by atoms with Crippen molar-refractivity contribution in [2.24, 2.45) is 0 Å². The molecule has 0 radical (unpaired) electrons. The molecule has 0 unspecified atom stereocenters. The first-order valence-corrected chi connectivity index (χ1v) is 7.42. The van der Waals surface area contributed by atoms with Crippen molar-refractivity contribution in [3.63, 3.8) is 0 Å². The minimum absolute atomic E-state index is 0.158. The van der Waals surface area contributed by atoms with Crippen molar-refractivity contribution in [2.75, 3.05) is 43.6 Å². The fourth-order valence-corrected chi connectivity index (χ4v) is 2.03. The lowest BCUT2D eigenvalue weighted by Gasteiger charge is -2.17. The fourth-order valence-electron chi connectivity index (χ4n) is 2.03. The van der Waals surface area contributed by atoms with Gasteiger partial charge < -0.3 is 16.0 Å². The number of nitrogens with zero attached hydrogens (tertiary/aromatic N) is 6. The second-order valence-electron chi connectivity index (χ2n) is 5.74. The third kappa shape index (κ3) is 5.13. The molecule has 24 heavy (non-hydrogen) atoms. The predicted octanol–water partition coefficient (Wildman–Crippen LogP) is 0.294. The van der Waals surface area contributed by atoms with Gasteiger partial charge in [-0.05, 0) is 31.7 Å². The van der Waals surface area contributed by atoms with E-state index < -0.39 is 0 Å². The van der Waals surface area contributed by atoms with Crippen molar-refractivity contribution in [3.05, 3.63) is 29.7 Å². The minimum atomic E-state index is -0.162. The highest BCUT2D eigenvalue weighted by Crippen LogP contribution is 2.08. The van der Waals surface area contributed by atoms with E-state index >= 15 is 0 Å². The first-order valence-electron chi connectivity index (χ1n) is 7.42. The molecule has 0 aliphatic rings. The maximum Gasteiger partial charge on any atom is 0.239 e. The number of anilines is 3. The Kier molecular flexibility index (Phi) is 5.59. The normalized spacial score (nSPS) is 10.7. The van der Waals surface area contributed by atoms with Crippen LogP contribution in [0.15, 0.2) is 18.3 Å². The Morgan fingerprint density at radius 3 is 2.67 bits per heavy atom. The molecule has 0 aliphatic heterocycles. The van der Waals surface area contributed by atoms with E-state index in [4.69, 9.17) is 5.73 Å². The molecule has 0 aliphatic carbocycles. The van der Waals surface area contributed by atoms with Gasteiger partial charge in [0.05, 0.1) is 13.1 Å². The number of aryl methyl sites for hydroxylation is 1. The molecule has 2 aromatic rings. The Labute approximate surface area is 140 Å². The van der Waals surface area contributed by atoms with Gasteiger partial charge in [0.1, 0.15) is 11.6 Å². The Morgan fingerprint density at radius 1 is 1.25 bits per heavy atom. The first kappa shape index (κ1) is 17.5. The van der Waals surface area contributed by atoms with Crippen LogP contribution in [0.2, 0.25) is 0 Å². The Balaban J connectivity index is 1.95. The molecule has 2 rings (SSSR count). The van der Waals surface area contributed by atoms with Crippen LogP contribution < -0.4 is 16.0 Å². The highest BCUT2D eigenvalue weighted by atomic mass is 16.2. The molecule has 0 bridgehead atoms. The minimum Gasteiger partial charge on any atom is -0.368 e. The number of nitrogen functional groups attached to an aromatic ring is 1. The van der Waals surface area contributed by atoms with Crippen LogP contribution in [-0.4, -0.2) is 58.4 Å². The van der Waals surface area contributed by atoms with Gasteiger partial charge in [-0.2, -0.15) is 15.0 Å². The second-order valence-corrected chi connectivity index (χ2v) is 5.74. The second kappa shape index (κ2) is 7.64. The van der Waals surface area contributed by atoms with Crippen LogP contribution in [0, 0.1) is 6.92 Å². The zero-order valence-corrected chi connectivity index (χ0v) is 14.3. The lowest BCUT2D eigenvalue weighted by atomic mass is 10.3. The third-order valence-corrected chi connectivity index (χ3v) is 3.10. The van der Waals surface area contributed by atoms with E-state index in [9.17, 15) is 4.79 Å². The molecule has 2 aromatic heterocycles. The van der Waals surface area contributed by atoms with Crippen LogP contribution >= 0.6 is 0 Å². The van der Waals surface area contributed by atoms with Gasteiger partial charge in [-0.3, -0.25) is 9.69 Å². The number of carbonyl (C=O) groups excluding carboxylic acids is 1. The maximum absolute atomic E-state index is 12.1. The van der Waals surface area contributed by atoms with Gasteiger partial charge in [-0.25, -0.2) is 4.98 Å². The summed E-state index contributed by atoms with van der Waals surface area (Å²) in [6.45, 7) is 2.50. The van der Waals surface area contributed by atoms with E-state index in [0.717, 1.165) is 5.56 Å². The summed E-state index contributed by atoms with van der Waals surface area (Å²) in [7, 11) is 5.45. The SMILES string of the molecule is Cc1ccnc(NC(=O)CN(C)Cc2nc(N)nc(N(C)C)n2)c1. The number of hydrogen-bond acceptors (Lipinski definition) is 8. The van der Waals surface area contributed by atoms with E-state index in [1.165, 1.54) is 0 Å². The summed E-state index contributed by atoms with van der Waals surface area (Å²) in [5.41, 5.74) is 6.73. The monoisotopic (exact) mass is 330 g/mol. The Morgan fingerprint density at radius 2 is 2.00 bits per heavy atom. The number of pyridine rings is 1. The molecule has 3 N–H and O–H groups in total. The summed E-state index contributed by atoms with van der Waals surface area (Å²) in [6.07, 6.45) is 1.66. The van der Waals surface area contributed by atoms with Gasteiger partial charge in [0, 0.05) is 20.3 Å². The van der Waals surface area contributed by atoms with Crippen molar-refractivity contribution < 1.29 is 4.79 Å². The Hall–Kier alpha value is -2.81. The van der Waals surface area contributed by atoms with E-state index in [1.54, 1.807) is 23.0 Å². The number of nitrogens with two attached hydrogens (primary N) is 1. The molecule has 9 heteroatoms. The van der Waals surface area contributed by atoms with Crippen LogP contribution in [0.25, 0.3) is 0 Å². The summed E-state index contributed by atoms with van der Waals surface area (Å²) in [5, 5.41) is 2.76.